The van der Waals surface area contributed by atoms with Crippen molar-refractivity contribution in [2.75, 3.05) is 14.2 Å². The van der Waals surface area contributed by atoms with Crippen molar-refractivity contribution in [3.63, 3.8) is 0 Å². The number of methoxy groups -OCH3 is 2. The number of rotatable bonds is 3. The molecule has 0 atom stereocenters. The van der Waals surface area contributed by atoms with E-state index in [2.05, 4.69) is 9.47 Å². The van der Waals surface area contributed by atoms with Crippen LogP contribution >= 0.6 is 0 Å². The third kappa shape index (κ3) is 1.62. The summed E-state index contributed by atoms with van der Waals surface area (Å²) in [5.74, 6) is -6.00. The Balaban J connectivity index is 3.64. The lowest BCUT2D eigenvalue weighted by Crippen LogP contribution is -2.05. The van der Waals surface area contributed by atoms with E-state index in [9.17, 15) is 18.0 Å². The summed E-state index contributed by atoms with van der Waals surface area (Å²) in [6.07, 6.45) is 0.0270. The second-order valence-corrected chi connectivity index (χ2v) is 2.54. The van der Waals surface area contributed by atoms with Crippen molar-refractivity contribution in [1.82, 2.24) is 0 Å². The van der Waals surface area contributed by atoms with Crippen LogP contribution in [0.5, 0.6) is 11.5 Å². The van der Waals surface area contributed by atoms with E-state index >= 15 is 0 Å². The second-order valence-electron chi connectivity index (χ2n) is 2.54. The van der Waals surface area contributed by atoms with Gasteiger partial charge in [0.15, 0.2) is 23.6 Å². The van der Waals surface area contributed by atoms with E-state index < -0.39 is 34.5 Å². The highest BCUT2D eigenvalue weighted by Gasteiger charge is 2.26. The van der Waals surface area contributed by atoms with Crippen molar-refractivity contribution in [2.24, 2.45) is 0 Å². The van der Waals surface area contributed by atoms with Gasteiger partial charge in [-0.25, -0.2) is 4.39 Å². The molecule has 0 aliphatic heterocycles. The van der Waals surface area contributed by atoms with Crippen LogP contribution in [0, 0.1) is 17.5 Å². The van der Waals surface area contributed by atoms with Crippen LogP contribution in [-0.2, 0) is 0 Å². The molecule has 0 aromatic heterocycles. The van der Waals surface area contributed by atoms with Gasteiger partial charge in [0.1, 0.15) is 0 Å². The van der Waals surface area contributed by atoms with Gasteiger partial charge < -0.3 is 9.47 Å². The van der Waals surface area contributed by atoms with Crippen LogP contribution < -0.4 is 9.47 Å². The van der Waals surface area contributed by atoms with Gasteiger partial charge in [-0.3, -0.25) is 4.79 Å². The molecule has 1 aromatic rings. The summed E-state index contributed by atoms with van der Waals surface area (Å²) in [4.78, 5) is 10.5. The van der Waals surface area contributed by atoms with Crippen molar-refractivity contribution in [1.29, 1.82) is 0 Å². The number of hydrogen-bond donors (Lipinski definition) is 0. The van der Waals surface area contributed by atoms with Crippen LogP contribution in [0.1, 0.15) is 10.4 Å². The number of halogens is 3. The summed E-state index contributed by atoms with van der Waals surface area (Å²) in [5.41, 5.74) is -0.715. The molecule has 82 valence electrons. The fourth-order valence-electron chi connectivity index (χ4n) is 1.12. The van der Waals surface area contributed by atoms with Crippen LogP contribution in [0.2, 0.25) is 0 Å². The number of hydrogen-bond acceptors (Lipinski definition) is 3. The van der Waals surface area contributed by atoms with E-state index in [0.717, 1.165) is 14.2 Å². The summed E-state index contributed by atoms with van der Waals surface area (Å²) in [7, 11) is 1.96. The Kier molecular flexibility index (Phi) is 3.18. The number of aldehydes is 1. The van der Waals surface area contributed by atoms with Gasteiger partial charge in [-0.15, -0.1) is 0 Å². The highest BCUT2D eigenvalue weighted by Crippen LogP contribution is 2.34. The molecule has 0 amide bonds. The number of carbonyl (C=O) groups excluding carboxylic acids is 1. The largest absolute Gasteiger partial charge is 0.493 e. The molecule has 0 fully saturated rings. The number of benzene rings is 1. The summed E-state index contributed by atoms with van der Waals surface area (Å²) in [6.45, 7) is 0. The molecule has 0 bridgehead atoms. The molecule has 1 rings (SSSR count). The summed E-state index contributed by atoms with van der Waals surface area (Å²) in [5, 5.41) is 0. The Bertz CT molecular complexity index is 404. The van der Waals surface area contributed by atoms with Crippen LogP contribution in [0.25, 0.3) is 0 Å². The van der Waals surface area contributed by atoms with Crippen molar-refractivity contribution in [3.05, 3.63) is 23.0 Å². The lowest BCUT2D eigenvalue weighted by atomic mass is 10.1. The van der Waals surface area contributed by atoms with Crippen molar-refractivity contribution in [2.45, 2.75) is 0 Å². The highest BCUT2D eigenvalue weighted by atomic mass is 19.2. The third-order valence-corrected chi connectivity index (χ3v) is 1.80. The standard InChI is InChI=1S/C9H7F3O3/c1-14-8-4(3-13)5(10)9(15-2)7(12)6(8)11/h3H,1-2H3. The van der Waals surface area contributed by atoms with Crippen molar-refractivity contribution in [3.8, 4) is 11.5 Å². The summed E-state index contributed by atoms with van der Waals surface area (Å²) < 4.78 is 48.3. The van der Waals surface area contributed by atoms with E-state index in [-0.39, 0.29) is 6.29 Å². The zero-order chi connectivity index (χ0) is 11.6. The Morgan fingerprint density at radius 3 is 1.80 bits per heavy atom. The normalized spacial score (nSPS) is 9.93. The van der Waals surface area contributed by atoms with Gasteiger partial charge in [0, 0.05) is 0 Å². The van der Waals surface area contributed by atoms with Gasteiger partial charge in [0.2, 0.25) is 11.6 Å². The molecule has 0 heterocycles. The third-order valence-electron chi connectivity index (χ3n) is 1.80. The van der Waals surface area contributed by atoms with Crippen LogP contribution in [-0.4, -0.2) is 20.5 Å². The van der Waals surface area contributed by atoms with Gasteiger partial charge in [0.25, 0.3) is 0 Å². The zero-order valence-electron chi connectivity index (χ0n) is 7.94. The molecule has 0 saturated heterocycles. The SMILES string of the molecule is COc1c(F)c(F)c(OC)c(C=O)c1F. The first-order chi connectivity index (χ1) is 7.08. The monoisotopic (exact) mass is 220 g/mol. The van der Waals surface area contributed by atoms with Gasteiger partial charge in [-0.2, -0.15) is 8.78 Å². The first kappa shape index (κ1) is 11.4. The Hall–Kier alpha value is -1.72. The van der Waals surface area contributed by atoms with Crippen LogP contribution in [0.3, 0.4) is 0 Å². The average molecular weight is 220 g/mol. The Morgan fingerprint density at radius 2 is 1.40 bits per heavy atom. The second kappa shape index (κ2) is 4.20. The van der Waals surface area contributed by atoms with E-state index in [1.165, 1.54) is 0 Å². The van der Waals surface area contributed by atoms with Crippen LogP contribution in [0.15, 0.2) is 0 Å². The van der Waals surface area contributed by atoms with Crippen LogP contribution in [0.4, 0.5) is 13.2 Å². The Labute approximate surface area is 83.4 Å². The molecule has 0 radical (unpaired) electrons. The zero-order valence-corrected chi connectivity index (χ0v) is 7.94. The lowest BCUT2D eigenvalue weighted by Gasteiger charge is -2.10. The minimum atomic E-state index is -1.53. The topological polar surface area (TPSA) is 35.5 Å². The first-order valence-corrected chi connectivity index (χ1v) is 3.82. The predicted molar refractivity (Wildman–Crippen MR) is 44.8 cm³/mol. The maximum atomic E-state index is 13.3. The minimum Gasteiger partial charge on any atom is -0.493 e. The molecule has 0 saturated carbocycles. The quantitative estimate of drug-likeness (QED) is 0.576. The highest BCUT2D eigenvalue weighted by molar-refractivity contribution is 5.81. The number of ether oxygens (including phenoxy) is 2. The van der Waals surface area contributed by atoms with Gasteiger partial charge in [-0.05, 0) is 0 Å². The Morgan fingerprint density at radius 1 is 0.933 bits per heavy atom. The van der Waals surface area contributed by atoms with Gasteiger partial charge in [0.05, 0.1) is 19.8 Å². The maximum Gasteiger partial charge on any atom is 0.207 e. The van der Waals surface area contributed by atoms with Gasteiger partial charge in [-0.1, -0.05) is 0 Å². The lowest BCUT2D eigenvalue weighted by molar-refractivity contribution is 0.111. The molecule has 0 aliphatic carbocycles. The summed E-state index contributed by atoms with van der Waals surface area (Å²) >= 11 is 0. The minimum absolute atomic E-state index is 0.0270. The molecule has 3 nitrogen and oxygen atoms in total. The van der Waals surface area contributed by atoms with E-state index in [1.54, 1.807) is 0 Å². The van der Waals surface area contributed by atoms with E-state index in [1.807, 2.05) is 0 Å². The number of carbonyl (C=O) groups is 1. The van der Waals surface area contributed by atoms with Gasteiger partial charge >= 0.3 is 0 Å². The molecular formula is C9H7F3O3. The fourth-order valence-corrected chi connectivity index (χ4v) is 1.12. The molecule has 0 spiro atoms. The molecule has 15 heavy (non-hydrogen) atoms. The van der Waals surface area contributed by atoms with E-state index in [0.29, 0.717) is 0 Å². The average Bonchev–Trinajstić information content (AvgIpc) is 2.23. The molecule has 1 aromatic carbocycles. The van der Waals surface area contributed by atoms with Crippen molar-refractivity contribution < 1.29 is 27.4 Å². The maximum absolute atomic E-state index is 13.3. The molecular weight excluding hydrogens is 213 g/mol. The summed E-state index contributed by atoms with van der Waals surface area (Å²) in [6, 6.07) is 0. The smallest absolute Gasteiger partial charge is 0.207 e. The first-order valence-electron chi connectivity index (χ1n) is 3.82. The predicted octanol–water partition coefficient (Wildman–Crippen LogP) is 1.93. The van der Waals surface area contributed by atoms with E-state index in [4.69, 9.17) is 0 Å². The fraction of sp³-hybridized carbons (Fsp3) is 0.222. The molecule has 0 N–H and O–H groups in total. The molecule has 0 aliphatic rings. The molecule has 6 heteroatoms. The van der Waals surface area contributed by atoms with Crippen molar-refractivity contribution >= 4 is 6.29 Å². The molecule has 0 unspecified atom stereocenters.